The van der Waals surface area contributed by atoms with E-state index in [2.05, 4.69) is 9.98 Å². The van der Waals surface area contributed by atoms with E-state index in [0.29, 0.717) is 0 Å². The van der Waals surface area contributed by atoms with Crippen LogP contribution in [0.4, 0.5) is 0 Å². The van der Waals surface area contributed by atoms with Crippen molar-refractivity contribution in [1.82, 2.24) is 0 Å². The van der Waals surface area contributed by atoms with Gasteiger partial charge in [-0.2, -0.15) is 0 Å². The fourth-order valence-electron chi connectivity index (χ4n) is 4.81. The van der Waals surface area contributed by atoms with Crippen molar-refractivity contribution >= 4 is 48.2 Å². The van der Waals surface area contributed by atoms with Crippen molar-refractivity contribution in [2.24, 2.45) is 9.98 Å². The van der Waals surface area contributed by atoms with E-state index in [0.717, 1.165) is 41.5 Å². The summed E-state index contributed by atoms with van der Waals surface area (Å²) in [5, 5.41) is 0. The number of hydrogen-bond donors (Lipinski definition) is 0. The first-order chi connectivity index (χ1) is 21.7. The number of carbonyl (C=O) groups excluding carboxylic acids is 6. The average Bonchev–Trinajstić information content (AvgIpc) is 2.94. The molecule has 0 radical (unpaired) electrons. The van der Waals surface area contributed by atoms with Crippen molar-refractivity contribution in [3.05, 3.63) is 0 Å². The van der Waals surface area contributed by atoms with Gasteiger partial charge in [-0.15, -0.1) is 0 Å². The highest BCUT2D eigenvalue weighted by atomic mass is 16.7. The molecule has 18 heteroatoms. The first-order valence-electron chi connectivity index (χ1n) is 14.1. The van der Waals surface area contributed by atoms with E-state index >= 15 is 0 Å². The lowest BCUT2D eigenvalue weighted by molar-refractivity contribution is -0.296. The SMILES string of the molecule is COC1OC(CN=CC=NCC2OC(OC)C(OC(C)=O)C(OC(C)=O)C2OC(C)=O)C(OC(C)=O)C(OC(C)=O)C1OC(C)=O. The third-order valence-corrected chi connectivity index (χ3v) is 6.31. The van der Waals surface area contributed by atoms with Crippen LogP contribution >= 0.6 is 0 Å². The van der Waals surface area contributed by atoms with Gasteiger partial charge in [-0.05, 0) is 0 Å². The molecule has 46 heavy (non-hydrogen) atoms. The molecule has 2 fully saturated rings. The maximum atomic E-state index is 11.9. The highest BCUT2D eigenvalue weighted by molar-refractivity contribution is 6.16. The number of nitrogens with zero attached hydrogens (tertiary/aromatic N) is 2. The highest BCUT2D eigenvalue weighted by Crippen LogP contribution is 2.31. The van der Waals surface area contributed by atoms with Crippen LogP contribution in [-0.4, -0.2) is 137 Å². The number of aliphatic imine (C=N–C) groups is 2. The summed E-state index contributed by atoms with van der Waals surface area (Å²) in [5.74, 6) is -4.31. The van der Waals surface area contributed by atoms with Gasteiger partial charge in [0.2, 0.25) is 0 Å². The van der Waals surface area contributed by atoms with Crippen LogP contribution in [0, 0.1) is 0 Å². The maximum Gasteiger partial charge on any atom is 0.303 e. The number of ether oxygens (including phenoxy) is 10. The van der Waals surface area contributed by atoms with Gasteiger partial charge in [0.15, 0.2) is 49.2 Å². The molecule has 2 aliphatic heterocycles. The first-order valence-corrected chi connectivity index (χ1v) is 14.1. The van der Waals surface area contributed by atoms with Gasteiger partial charge in [-0.3, -0.25) is 38.8 Å². The van der Waals surface area contributed by atoms with E-state index in [1.165, 1.54) is 26.6 Å². The zero-order chi connectivity index (χ0) is 34.6. The molecule has 0 bridgehead atoms. The third kappa shape index (κ3) is 11.4. The zero-order valence-electron chi connectivity index (χ0n) is 26.8. The van der Waals surface area contributed by atoms with Crippen molar-refractivity contribution in [3.8, 4) is 0 Å². The number of carbonyl (C=O) groups is 6. The minimum atomic E-state index is -1.27. The lowest BCUT2D eigenvalue weighted by atomic mass is 9.97. The molecule has 0 aromatic rings. The van der Waals surface area contributed by atoms with Gasteiger partial charge in [-0.25, -0.2) is 0 Å². The monoisotopic (exact) mass is 660 g/mol. The molecule has 0 aromatic carbocycles. The Kier molecular flexibility index (Phi) is 15.1. The second kappa shape index (κ2) is 18.2. The number of rotatable bonds is 13. The van der Waals surface area contributed by atoms with Crippen LogP contribution in [0.5, 0.6) is 0 Å². The Labute approximate surface area is 264 Å². The van der Waals surface area contributed by atoms with Crippen molar-refractivity contribution in [2.75, 3.05) is 27.3 Å². The van der Waals surface area contributed by atoms with E-state index in [9.17, 15) is 28.8 Å². The molecule has 18 nitrogen and oxygen atoms in total. The molecule has 2 saturated heterocycles. The molecule has 258 valence electrons. The van der Waals surface area contributed by atoms with E-state index in [4.69, 9.17) is 47.4 Å². The molecule has 0 saturated carbocycles. The van der Waals surface area contributed by atoms with Crippen LogP contribution in [-0.2, 0) is 76.1 Å². The van der Waals surface area contributed by atoms with E-state index in [1.807, 2.05) is 0 Å². The molecule has 0 spiro atoms. The van der Waals surface area contributed by atoms with Crippen LogP contribution in [0.1, 0.15) is 41.5 Å². The van der Waals surface area contributed by atoms with Crippen LogP contribution < -0.4 is 0 Å². The fourth-order valence-corrected chi connectivity index (χ4v) is 4.81. The molecule has 2 aliphatic rings. The second-order valence-electron chi connectivity index (χ2n) is 10.0. The lowest BCUT2D eigenvalue weighted by Gasteiger charge is -2.43. The summed E-state index contributed by atoms with van der Waals surface area (Å²) in [5.41, 5.74) is 0. The summed E-state index contributed by atoms with van der Waals surface area (Å²) in [6.45, 7) is 6.56. The van der Waals surface area contributed by atoms with Gasteiger partial charge in [0.1, 0.15) is 12.2 Å². The van der Waals surface area contributed by atoms with E-state index < -0.39 is 97.2 Å². The van der Waals surface area contributed by atoms with Gasteiger partial charge in [0.25, 0.3) is 0 Å². The van der Waals surface area contributed by atoms with Gasteiger partial charge in [0, 0.05) is 68.2 Å². The molecule has 10 atom stereocenters. The lowest BCUT2D eigenvalue weighted by Crippen LogP contribution is -2.62. The third-order valence-electron chi connectivity index (χ3n) is 6.31. The molecule has 0 aromatic heterocycles. The standard InChI is InChI=1S/C28H40N2O16/c1-13(31)39-21-19(45-27(37-7)25(43-17(5)35)23(21)41-15(3)33)11-29-9-10-30-12-20-22(40-14(2)32)24(42-16(4)34)26(44-18(6)36)28(38-8)46-20/h9-10,19-28H,11-12H2,1-8H3. The topological polar surface area (TPSA) is 219 Å². The van der Waals surface area contributed by atoms with E-state index in [1.54, 1.807) is 0 Å². The smallest absolute Gasteiger partial charge is 0.303 e. The summed E-state index contributed by atoms with van der Waals surface area (Å²) < 4.78 is 54.3. The van der Waals surface area contributed by atoms with Crippen LogP contribution in [0.2, 0.25) is 0 Å². The first kappa shape index (κ1) is 38.2. The predicted molar refractivity (Wildman–Crippen MR) is 151 cm³/mol. The molecule has 0 N–H and O–H groups in total. The van der Waals surface area contributed by atoms with Crippen molar-refractivity contribution in [3.63, 3.8) is 0 Å². The summed E-state index contributed by atoms with van der Waals surface area (Å²) in [6.07, 6.45) is -9.28. The second-order valence-corrected chi connectivity index (χ2v) is 10.0. The average molecular weight is 661 g/mol. The predicted octanol–water partition coefficient (Wildman–Crippen LogP) is -0.539. The summed E-state index contributed by atoms with van der Waals surface area (Å²) in [7, 11) is 2.58. The summed E-state index contributed by atoms with van der Waals surface area (Å²) >= 11 is 0. The van der Waals surface area contributed by atoms with Gasteiger partial charge in [-0.1, -0.05) is 0 Å². The van der Waals surface area contributed by atoms with Crippen molar-refractivity contribution in [2.45, 2.75) is 103 Å². The Bertz CT molecular complexity index is 1070. The molecule has 0 amide bonds. The van der Waals surface area contributed by atoms with Gasteiger partial charge < -0.3 is 47.4 Å². The largest absolute Gasteiger partial charge is 0.456 e. The Morgan fingerprint density at radius 2 is 0.739 bits per heavy atom. The Morgan fingerprint density at radius 3 is 1.00 bits per heavy atom. The van der Waals surface area contributed by atoms with Crippen molar-refractivity contribution < 1.29 is 76.1 Å². The highest BCUT2D eigenvalue weighted by Gasteiger charge is 2.53. The van der Waals surface area contributed by atoms with Crippen LogP contribution in [0.15, 0.2) is 9.98 Å². The Hall–Kier alpha value is -4.00. The Morgan fingerprint density at radius 1 is 0.478 bits per heavy atom. The normalized spacial score (nSPS) is 31.1. The Balaban J connectivity index is 2.24. The maximum absolute atomic E-state index is 11.9. The molecular weight excluding hydrogens is 620 g/mol. The number of hydrogen-bond acceptors (Lipinski definition) is 18. The minimum absolute atomic E-state index is 0.144. The molecule has 10 unspecified atom stereocenters. The van der Waals surface area contributed by atoms with Crippen LogP contribution in [0.3, 0.4) is 0 Å². The van der Waals surface area contributed by atoms with E-state index in [-0.39, 0.29) is 13.1 Å². The summed E-state index contributed by atoms with van der Waals surface area (Å²) in [6, 6.07) is 0. The quantitative estimate of drug-likeness (QED) is 0.138. The molecule has 2 heterocycles. The van der Waals surface area contributed by atoms with Gasteiger partial charge >= 0.3 is 35.8 Å². The summed E-state index contributed by atoms with van der Waals surface area (Å²) in [4.78, 5) is 79.5. The number of esters is 6. The minimum Gasteiger partial charge on any atom is -0.456 e. The zero-order valence-corrected chi connectivity index (χ0v) is 26.8. The fraction of sp³-hybridized carbons (Fsp3) is 0.714. The van der Waals surface area contributed by atoms with Gasteiger partial charge in [0.05, 0.1) is 13.1 Å². The van der Waals surface area contributed by atoms with Crippen LogP contribution in [0.25, 0.3) is 0 Å². The molecular formula is C28H40N2O16. The molecule has 0 aliphatic carbocycles. The number of methoxy groups -OCH3 is 2. The van der Waals surface area contributed by atoms with Crippen molar-refractivity contribution in [1.29, 1.82) is 0 Å². The molecule has 2 rings (SSSR count).